The van der Waals surface area contributed by atoms with Crippen LogP contribution in [0, 0.1) is 17.8 Å². The second-order valence-electron chi connectivity index (χ2n) is 11.9. The van der Waals surface area contributed by atoms with Gasteiger partial charge in [0.2, 0.25) is 11.8 Å². The normalized spacial score (nSPS) is 29.7. The summed E-state index contributed by atoms with van der Waals surface area (Å²) in [6.07, 6.45) is 5.76. The van der Waals surface area contributed by atoms with E-state index in [0.717, 1.165) is 6.42 Å². The molecule has 9 heteroatoms. The van der Waals surface area contributed by atoms with Crippen molar-refractivity contribution >= 4 is 35.0 Å². The number of anilines is 1. The van der Waals surface area contributed by atoms with Crippen molar-refractivity contribution in [1.82, 2.24) is 9.80 Å². The van der Waals surface area contributed by atoms with Crippen LogP contribution in [0.4, 0.5) is 5.69 Å². The highest BCUT2D eigenvalue weighted by Crippen LogP contribution is 2.64. The minimum absolute atomic E-state index is 0.0954. The Bertz CT molecular complexity index is 1190. The lowest BCUT2D eigenvalue weighted by atomic mass is 9.66. The molecule has 4 rings (SSSR count). The van der Waals surface area contributed by atoms with Gasteiger partial charge in [-0.1, -0.05) is 63.1 Å². The average Bonchev–Trinajstić information content (AvgIpc) is 3.52. The van der Waals surface area contributed by atoms with Crippen LogP contribution in [0.15, 0.2) is 49.6 Å². The lowest BCUT2D eigenvalue weighted by Gasteiger charge is -2.41. The van der Waals surface area contributed by atoms with Crippen LogP contribution >= 0.6 is 11.6 Å². The van der Waals surface area contributed by atoms with E-state index >= 15 is 0 Å². The molecule has 0 aliphatic carbocycles. The number of nitrogens with zero attached hydrogens (tertiary/aromatic N) is 3. The fourth-order valence-electron chi connectivity index (χ4n) is 7.36. The molecular formula is C32H44ClN3O5. The van der Waals surface area contributed by atoms with Gasteiger partial charge in [-0.05, 0) is 44.2 Å². The maximum atomic E-state index is 14.8. The van der Waals surface area contributed by atoms with Crippen molar-refractivity contribution in [2.75, 3.05) is 31.1 Å². The smallest absolute Gasteiger partial charge is 0.253 e. The summed E-state index contributed by atoms with van der Waals surface area (Å²) in [7, 11) is 0. The maximum absolute atomic E-state index is 14.8. The molecule has 8 nitrogen and oxygen atoms in total. The number of carbonyl (C=O) groups is 3. The molecule has 1 aromatic rings. The number of benzene rings is 1. The van der Waals surface area contributed by atoms with Crippen molar-refractivity contribution in [1.29, 1.82) is 0 Å². The SMILES string of the molecule is C=CCN(CCC)C(=O)[C@H]1[C@H]2C(=O)N([C@@H](CO)[C@@H](C)CC)C(C(=O)N(CC=C)c3ccccc3Cl)C23CC[C@]1(C)O3. The predicted octanol–water partition coefficient (Wildman–Crippen LogP) is 4.46. The largest absolute Gasteiger partial charge is 0.394 e. The van der Waals surface area contributed by atoms with Crippen LogP contribution in [0.1, 0.15) is 53.4 Å². The summed E-state index contributed by atoms with van der Waals surface area (Å²) in [5.41, 5.74) is -1.60. The number of likely N-dealkylation sites (tertiary alicyclic amines) is 1. The first-order valence-corrected chi connectivity index (χ1v) is 15.1. The Morgan fingerprint density at radius 3 is 2.46 bits per heavy atom. The van der Waals surface area contributed by atoms with Gasteiger partial charge in [0.05, 0.1) is 40.8 Å². The molecule has 3 fully saturated rings. The third kappa shape index (κ3) is 5.02. The van der Waals surface area contributed by atoms with Gasteiger partial charge in [-0.3, -0.25) is 14.4 Å². The first-order chi connectivity index (χ1) is 19.6. The Hall–Kier alpha value is -2.68. The molecule has 3 saturated heterocycles. The van der Waals surface area contributed by atoms with E-state index in [1.54, 1.807) is 46.2 Å². The van der Waals surface area contributed by atoms with Crippen molar-refractivity contribution in [2.24, 2.45) is 17.8 Å². The Labute approximate surface area is 248 Å². The van der Waals surface area contributed by atoms with Gasteiger partial charge in [0.1, 0.15) is 11.6 Å². The lowest BCUT2D eigenvalue weighted by Crippen LogP contribution is -2.60. The standard InChI is InChI=1S/C32H44ClN3O5/c1-7-17-34(18-8-2)28(38)25-26-29(39)36(24(20-37)21(5)10-4)27(32(26)16-15-31(25,6)41-32)30(40)35(19-9-3)23-14-12-11-13-22(23)33/h7,9,11-14,21,24-27,37H,1,3,8,10,15-20H2,2,4-6H3/t21-,24-,25+,26-,27?,31-,32?/m0/s1. The van der Waals surface area contributed by atoms with Gasteiger partial charge in [-0.15, -0.1) is 13.2 Å². The van der Waals surface area contributed by atoms with E-state index in [2.05, 4.69) is 13.2 Å². The van der Waals surface area contributed by atoms with Crippen molar-refractivity contribution in [2.45, 2.75) is 76.7 Å². The Balaban J connectivity index is 1.88. The van der Waals surface area contributed by atoms with E-state index < -0.39 is 35.1 Å². The molecule has 3 aliphatic rings. The van der Waals surface area contributed by atoms with Gasteiger partial charge in [-0.25, -0.2) is 0 Å². The number of para-hydroxylation sites is 1. The maximum Gasteiger partial charge on any atom is 0.253 e. The first kappa shape index (κ1) is 31.3. The molecule has 3 heterocycles. The van der Waals surface area contributed by atoms with Crippen LogP contribution < -0.4 is 4.90 Å². The number of carbonyl (C=O) groups excluding carboxylic acids is 3. The predicted molar refractivity (Wildman–Crippen MR) is 160 cm³/mol. The third-order valence-corrected chi connectivity index (χ3v) is 9.75. The number of aliphatic hydroxyl groups excluding tert-OH is 1. The molecule has 2 unspecified atom stereocenters. The minimum atomic E-state index is -1.21. The van der Waals surface area contributed by atoms with Crippen LogP contribution in [0.2, 0.25) is 5.02 Å². The molecule has 0 radical (unpaired) electrons. The summed E-state index contributed by atoms with van der Waals surface area (Å²) in [5, 5.41) is 11.0. The van der Waals surface area contributed by atoms with Crippen molar-refractivity contribution in [3.8, 4) is 0 Å². The monoisotopic (exact) mass is 585 g/mol. The highest BCUT2D eigenvalue weighted by atomic mass is 35.5. The van der Waals surface area contributed by atoms with Gasteiger partial charge < -0.3 is 24.5 Å². The Morgan fingerprint density at radius 2 is 1.88 bits per heavy atom. The van der Waals surface area contributed by atoms with Gasteiger partial charge in [0.15, 0.2) is 0 Å². The van der Waals surface area contributed by atoms with Crippen LogP contribution in [0.3, 0.4) is 0 Å². The van der Waals surface area contributed by atoms with Crippen LogP contribution in [-0.2, 0) is 19.1 Å². The molecule has 7 atom stereocenters. The van der Waals surface area contributed by atoms with Gasteiger partial charge in [0.25, 0.3) is 5.91 Å². The molecule has 0 aromatic heterocycles. The van der Waals surface area contributed by atoms with Crippen molar-refractivity contribution < 1.29 is 24.2 Å². The fourth-order valence-corrected chi connectivity index (χ4v) is 7.60. The topological polar surface area (TPSA) is 90.4 Å². The highest BCUT2D eigenvalue weighted by molar-refractivity contribution is 6.34. The molecule has 3 amide bonds. The summed E-state index contributed by atoms with van der Waals surface area (Å²) in [6.45, 7) is 16.3. The summed E-state index contributed by atoms with van der Waals surface area (Å²) in [5.74, 6) is -2.51. The van der Waals surface area contributed by atoms with Gasteiger partial charge in [0, 0.05) is 19.6 Å². The number of aliphatic hydroxyl groups is 1. The summed E-state index contributed by atoms with van der Waals surface area (Å²) >= 11 is 6.56. The number of hydrogen-bond acceptors (Lipinski definition) is 5. The van der Waals surface area contributed by atoms with Crippen molar-refractivity contribution in [3.05, 3.63) is 54.6 Å². The molecular weight excluding hydrogens is 542 g/mol. The third-order valence-electron chi connectivity index (χ3n) is 9.44. The van der Waals surface area contributed by atoms with E-state index in [0.29, 0.717) is 43.1 Å². The summed E-state index contributed by atoms with van der Waals surface area (Å²) < 4.78 is 6.82. The number of amides is 3. The molecule has 0 saturated carbocycles. The van der Waals surface area contributed by atoms with Gasteiger partial charge >= 0.3 is 0 Å². The molecule has 3 aliphatic heterocycles. The lowest BCUT2D eigenvalue weighted by molar-refractivity contribution is -0.153. The molecule has 1 aromatic carbocycles. The number of ether oxygens (including phenoxy) is 1. The minimum Gasteiger partial charge on any atom is -0.394 e. The summed E-state index contributed by atoms with van der Waals surface area (Å²) in [4.78, 5) is 48.4. The molecule has 1 N–H and O–H groups in total. The second-order valence-corrected chi connectivity index (χ2v) is 12.3. The van der Waals surface area contributed by atoms with Crippen LogP contribution in [0.25, 0.3) is 0 Å². The van der Waals surface area contributed by atoms with Gasteiger partial charge in [-0.2, -0.15) is 0 Å². The zero-order valence-corrected chi connectivity index (χ0v) is 25.5. The molecule has 224 valence electrons. The quantitative estimate of drug-likeness (QED) is 0.345. The molecule has 2 bridgehead atoms. The summed E-state index contributed by atoms with van der Waals surface area (Å²) in [6, 6.07) is 5.40. The van der Waals surface area contributed by atoms with Crippen LogP contribution in [-0.4, -0.2) is 82.2 Å². The van der Waals surface area contributed by atoms with Crippen LogP contribution in [0.5, 0.6) is 0 Å². The molecule has 41 heavy (non-hydrogen) atoms. The van der Waals surface area contributed by atoms with E-state index in [-0.39, 0.29) is 36.8 Å². The Kier molecular flexibility index (Phi) is 9.36. The van der Waals surface area contributed by atoms with Crippen molar-refractivity contribution in [3.63, 3.8) is 0 Å². The van der Waals surface area contributed by atoms with E-state index in [1.165, 1.54) is 4.90 Å². The zero-order valence-electron chi connectivity index (χ0n) is 24.7. The number of rotatable bonds is 13. The van der Waals surface area contributed by atoms with E-state index in [1.807, 2.05) is 27.7 Å². The molecule has 1 spiro atoms. The van der Waals surface area contributed by atoms with E-state index in [4.69, 9.17) is 16.3 Å². The zero-order chi connectivity index (χ0) is 30.1. The number of halogens is 1. The number of fused-ring (bicyclic) bond motifs is 1. The number of hydrogen-bond donors (Lipinski definition) is 1. The first-order valence-electron chi connectivity index (χ1n) is 14.8. The fraction of sp³-hybridized carbons (Fsp3) is 0.594. The highest BCUT2D eigenvalue weighted by Gasteiger charge is 2.79. The second kappa shape index (κ2) is 12.3. The van der Waals surface area contributed by atoms with E-state index in [9.17, 15) is 19.5 Å². The Morgan fingerprint density at radius 1 is 1.20 bits per heavy atom. The average molecular weight is 586 g/mol.